The molecule has 158 valence electrons. The van der Waals surface area contributed by atoms with E-state index in [1.165, 1.54) is 11.0 Å². The summed E-state index contributed by atoms with van der Waals surface area (Å²) in [7, 11) is 1.61. The van der Waals surface area contributed by atoms with Crippen LogP contribution in [0.4, 0.5) is 4.39 Å². The van der Waals surface area contributed by atoms with Crippen LogP contribution in [-0.4, -0.2) is 45.8 Å². The molecule has 1 aliphatic rings. The summed E-state index contributed by atoms with van der Waals surface area (Å²) < 4.78 is 23.0. The fourth-order valence-corrected chi connectivity index (χ4v) is 4.25. The van der Waals surface area contributed by atoms with Crippen molar-refractivity contribution in [2.24, 2.45) is 0 Å². The molecule has 1 saturated heterocycles. The van der Waals surface area contributed by atoms with E-state index in [2.05, 4.69) is 0 Å². The number of likely N-dealkylation sites (tertiary alicyclic amines) is 1. The molecule has 9 heteroatoms. The highest BCUT2D eigenvalue weighted by atomic mass is 35.5. The Morgan fingerprint density at radius 3 is 2.73 bits per heavy atom. The molecule has 1 aromatic heterocycles. The minimum absolute atomic E-state index is 0.0209. The van der Waals surface area contributed by atoms with Crippen molar-refractivity contribution in [3.63, 3.8) is 0 Å². The van der Waals surface area contributed by atoms with Crippen molar-refractivity contribution in [1.82, 2.24) is 14.3 Å². The van der Waals surface area contributed by atoms with E-state index >= 15 is 0 Å². The number of hydrogen-bond acceptors (Lipinski definition) is 4. The average molecular weight is 450 g/mol. The van der Waals surface area contributed by atoms with Crippen LogP contribution in [0.2, 0.25) is 5.02 Å². The molecular weight excluding hydrogens is 427 g/mol. The first-order chi connectivity index (χ1) is 14.5. The zero-order valence-electron chi connectivity index (χ0n) is 16.5. The van der Waals surface area contributed by atoms with Gasteiger partial charge in [0.05, 0.1) is 24.4 Å². The summed E-state index contributed by atoms with van der Waals surface area (Å²) in [5.41, 5.74) is 1.48. The van der Waals surface area contributed by atoms with Gasteiger partial charge in [-0.25, -0.2) is 4.39 Å². The predicted octanol–water partition coefficient (Wildman–Crippen LogP) is 2.87. The molecule has 2 heterocycles. The minimum Gasteiger partial charge on any atom is -0.497 e. The molecule has 3 aromatic rings. The third-order valence-electron chi connectivity index (χ3n) is 5.31. The predicted molar refractivity (Wildman–Crippen MR) is 115 cm³/mol. The van der Waals surface area contributed by atoms with Crippen LogP contribution in [0.3, 0.4) is 0 Å². The molecule has 1 unspecified atom stereocenters. The summed E-state index contributed by atoms with van der Waals surface area (Å²) in [5.74, 6) is 0.874. The van der Waals surface area contributed by atoms with Crippen LogP contribution >= 0.6 is 23.8 Å². The number of halogens is 2. The molecule has 30 heavy (non-hydrogen) atoms. The number of rotatable bonds is 5. The number of nitrogens with one attached hydrogen (secondary N) is 1. The first-order valence-corrected chi connectivity index (χ1v) is 10.6. The SMILES string of the molecule is COc1ccc(-c2nn(C[NH+]3CCC[C@@H](O)C3)c(=S)n2-c2ccc(F)c(Cl)c2)cc1. The summed E-state index contributed by atoms with van der Waals surface area (Å²) >= 11 is 11.8. The van der Waals surface area contributed by atoms with Gasteiger partial charge in [-0.05, 0) is 67.5 Å². The van der Waals surface area contributed by atoms with Crippen molar-refractivity contribution >= 4 is 23.8 Å². The lowest BCUT2D eigenvalue weighted by Gasteiger charge is -2.26. The highest BCUT2D eigenvalue weighted by Gasteiger charge is 2.23. The van der Waals surface area contributed by atoms with E-state index in [4.69, 9.17) is 33.7 Å². The number of aliphatic hydroxyl groups excluding tert-OH is 1. The molecule has 1 fully saturated rings. The summed E-state index contributed by atoms with van der Waals surface area (Å²) in [6.45, 7) is 2.15. The van der Waals surface area contributed by atoms with E-state index in [0.29, 0.717) is 29.5 Å². The third kappa shape index (κ3) is 4.27. The van der Waals surface area contributed by atoms with E-state index < -0.39 is 5.82 Å². The molecule has 2 N–H and O–H groups in total. The summed E-state index contributed by atoms with van der Waals surface area (Å²) in [6, 6.07) is 12.0. The molecule has 0 aliphatic carbocycles. The molecule has 0 saturated carbocycles. The quantitative estimate of drug-likeness (QED) is 0.588. The maximum atomic E-state index is 13.7. The smallest absolute Gasteiger partial charge is 0.207 e. The van der Waals surface area contributed by atoms with Crippen LogP contribution in [0.1, 0.15) is 12.8 Å². The topological polar surface area (TPSA) is 56.6 Å². The van der Waals surface area contributed by atoms with Gasteiger partial charge >= 0.3 is 0 Å². The molecule has 4 rings (SSSR count). The molecular formula is C21H23ClFN4O2S+. The number of hydrogen-bond donors (Lipinski definition) is 2. The van der Waals surface area contributed by atoms with Crippen LogP contribution in [0.5, 0.6) is 5.75 Å². The van der Waals surface area contributed by atoms with Crippen molar-refractivity contribution in [3.8, 4) is 22.8 Å². The Kier molecular flexibility index (Phi) is 6.19. The number of aromatic nitrogens is 3. The minimum atomic E-state index is -0.489. The van der Waals surface area contributed by atoms with Gasteiger partial charge in [-0.1, -0.05) is 11.6 Å². The van der Waals surface area contributed by atoms with Crippen molar-refractivity contribution in [2.75, 3.05) is 20.2 Å². The van der Waals surface area contributed by atoms with Crippen LogP contribution < -0.4 is 9.64 Å². The second kappa shape index (κ2) is 8.85. The van der Waals surface area contributed by atoms with E-state index in [1.54, 1.807) is 28.5 Å². The number of aliphatic hydroxyl groups is 1. The first kappa shape index (κ1) is 21.0. The van der Waals surface area contributed by atoms with E-state index in [9.17, 15) is 9.50 Å². The van der Waals surface area contributed by atoms with Gasteiger partial charge in [0, 0.05) is 5.56 Å². The maximum Gasteiger partial charge on any atom is 0.207 e. The van der Waals surface area contributed by atoms with Crippen LogP contribution in [-0.2, 0) is 6.67 Å². The molecule has 6 nitrogen and oxygen atoms in total. The highest BCUT2D eigenvalue weighted by molar-refractivity contribution is 7.71. The number of nitrogens with zero attached hydrogens (tertiary/aromatic N) is 3. The fraction of sp³-hybridized carbons (Fsp3) is 0.333. The van der Waals surface area contributed by atoms with Crippen molar-refractivity contribution in [2.45, 2.75) is 25.6 Å². The van der Waals surface area contributed by atoms with Crippen molar-refractivity contribution in [3.05, 3.63) is 58.1 Å². The number of piperidine rings is 1. The Morgan fingerprint density at radius 2 is 2.07 bits per heavy atom. The third-order valence-corrected chi connectivity index (χ3v) is 6.00. The first-order valence-electron chi connectivity index (χ1n) is 9.77. The Morgan fingerprint density at radius 1 is 1.30 bits per heavy atom. The molecule has 0 amide bonds. The summed E-state index contributed by atoms with van der Waals surface area (Å²) in [6.07, 6.45) is 1.49. The van der Waals surface area contributed by atoms with Gasteiger partial charge in [0.15, 0.2) is 12.5 Å². The molecule has 2 aromatic carbocycles. The fourth-order valence-electron chi connectivity index (χ4n) is 3.78. The van der Waals surface area contributed by atoms with E-state index in [0.717, 1.165) is 30.7 Å². The van der Waals surface area contributed by atoms with Crippen LogP contribution in [0.15, 0.2) is 42.5 Å². The number of methoxy groups -OCH3 is 1. The average Bonchev–Trinajstić information content (AvgIpc) is 3.06. The molecule has 0 spiro atoms. The highest BCUT2D eigenvalue weighted by Crippen LogP contribution is 2.27. The second-order valence-electron chi connectivity index (χ2n) is 7.43. The normalized spacial score (nSPS) is 19.1. The van der Waals surface area contributed by atoms with Crippen molar-refractivity contribution in [1.29, 1.82) is 0 Å². The van der Waals surface area contributed by atoms with Gasteiger partial charge in [-0.15, -0.1) is 5.10 Å². The zero-order chi connectivity index (χ0) is 21.3. The Hall–Kier alpha value is -2.26. The largest absolute Gasteiger partial charge is 0.497 e. The van der Waals surface area contributed by atoms with E-state index in [-0.39, 0.29) is 11.1 Å². The number of ether oxygens (including phenoxy) is 1. The number of quaternary nitrogens is 1. The lowest BCUT2D eigenvalue weighted by Crippen LogP contribution is -3.13. The Balaban J connectivity index is 1.79. The zero-order valence-corrected chi connectivity index (χ0v) is 18.1. The maximum absolute atomic E-state index is 13.7. The van der Waals surface area contributed by atoms with Gasteiger partial charge in [-0.2, -0.15) is 4.68 Å². The molecule has 0 radical (unpaired) electrons. The van der Waals surface area contributed by atoms with Gasteiger partial charge in [0.25, 0.3) is 0 Å². The Labute approximate surface area is 184 Å². The lowest BCUT2D eigenvalue weighted by atomic mass is 10.1. The molecule has 1 aliphatic heterocycles. The second-order valence-corrected chi connectivity index (χ2v) is 8.20. The van der Waals surface area contributed by atoms with Crippen LogP contribution in [0.25, 0.3) is 17.1 Å². The molecule has 0 bridgehead atoms. The number of benzene rings is 2. The standard InChI is InChI=1S/C21H22ClFN4O2S/c1-29-17-7-4-14(5-8-17)20-24-26(13-25-10-2-3-16(28)12-25)21(30)27(20)15-6-9-19(23)18(22)11-15/h4-9,11,16,28H,2-3,10,12-13H2,1H3/p+1/t16-/m1/s1. The lowest BCUT2D eigenvalue weighted by molar-refractivity contribution is -0.931. The monoisotopic (exact) mass is 449 g/mol. The van der Waals surface area contributed by atoms with Crippen molar-refractivity contribution < 1.29 is 19.1 Å². The van der Waals surface area contributed by atoms with Gasteiger partial charge in [0.1, 0.15) is 24.2 Å². The van der Waals surface area contributed by atoms with Gasteiger partial charge in [0.2, 0.25) is 4.77 Å². The van der Waals surface area contributed by atoms with Gasteiger partial charge in [-0.3, -0.25) is 4.57 Å². The van der Waals surface area contributed by atoms with Crippen LogP contribution in [0, 0.1) is 10.6 Å². The Bertz CT molecular complexity index is 1100. The van der Waals surface area contributed by atoms with Gasteiger partial charge < -0.3 is 14.7 Å². The summed E-state index contributed by atoms with van der Waals surface area (Å²) in [5, 5.41) is 14.8. The molecule has 2 atom stereocenters. The summed E-state index contributed by atoms with van der Waals surface area (Å²) in [4.78, 5) is 1.22. The van der Waals surface area contributed by atoms with E-state index in [1.807, 2.05) is 24.3 Å².